The van der Waals surface area contributed by atoms with Crippen molar-refractivity contribution in [1.82, 2.24) is 0 Å². The van der Waals surface area contributed by atoms with E-state index in [-0.39, 0.29) is 32.3 Å². The third-order valence-corrected chi connectivity index (χ3v) is 10.3. The number of phosphoric ester groups is 1. The topological polar surface area (TPSA) is 117 Å². The fourth-order valence-electron chi connectivity index (χ4n) is 5.94. The third-order valence-electron chi connectivity index (χ3n) is 9.28. The van der Waals surface area contributed by atoms with Crippen molar-refractivity contribution in [2.75, 3.05) is 33.0 Å². The molecule has 0 heterocycles. The van der Waals surface area contributed by atoms with Crippen molar-refractivity contribution in [3.05, 3.63) is 85.1 Å². The summed E-state index contributed by atoms with van der Waals surface area (Å²) in [7, 11) is -4.29. The standard InChI is InChI=1S/C49H86NO7P/c1-3-5-7-9-11-13-15-17-18-19-20-21-22-23-24-25-26-27-28-29-31-33-35-37-39-41-44-54-46-48(47-56-58(52,53)55-45-43-50)57-49(51)42-40-38-36-34-32-30-16-14-12-10-8-6-4-2/h5,7-8,10-11,13-14,16-18,20-21,23-24,48H,3-4,6,9,12,15,19,22,25-47,50H2,1-2H3,(H,52,53)/b7-5-,10-8-,13-11-,16-14-,18-17-,21-20-,24-23-. The maximum atomic E-state index is 12.6. The van der Waals surface area contributed by atoms with Crippen molar-refractivity contribution in [1.29, 1.82) is 0 Å². The van der Waals surface area contributed by atoms with Crippen LogP contribution < -0.4 is 5.73 Å². The molecule has 8 nitrogen and oxygen atoms in total. The van der Waals surface area contributed by atoms with Crippen LogP contribution in [0.3, 0.4) is 0 Å². The van der Waals surface area contributed by atoms with Crippen LogP contribution in [0.1, 0.15) is 181 Å². The number of hydrogen-bond donors (Lipinski definition) is 2. The van der Waals surface area contributed by atoms with Crippen LogP contribution in [-0.2, 0) is 27.9 Å². The Kier molecular flexibility index (Phi) is 43.9. The molecule has 0 bridgehead atoms. The van der Waals surface area contributed by atoms with E-state index >= 15 is 0 Å². The van der Waals surface area contributed by atoms with Gasteiger partial charge in [0.05, 0.1) is 19.8 Å². The summed E-state index contributed by atoms with van der Waals surface area (Å²) in [5.74, 6) is -0.350. The molecular weight excluding hydrogens is 746 g/mol. The molecule has 0 aliphatic heterocycles. The first-order valence-corrected chi connectivity index (χ1v) is 24.6. The first-order valence-electron chi connectivity index (χ1n) is 23.1. The molecule has 0 saturated carbocycles. The molecule has 3 N–H and O–H groups in total. The summed E-state index contributed by atoms with van der Waals surface area (Å²) in [6.45, 7) is 4.70. The smallest absolute Gasteiger partial charge is 0.457 e. The van der Waals surface area contributed by atoms with Gasteiger partial charge in [0, 0.05) is 19.6 Å². The zero-order valence-electron chi connectivity index (χ0n) is 37.0. The lowest BCUT2D eigenvalue weighted by molar-refractivity contribution is -0.154. The Morgan fingerprint density at radius 2 is 0.966 bits per heavy atom. The molecule has 0 fully saturated rings. The molecule has 0 aromatic heterocycles. The van der Waals surface area contributed by atoms with Gasteiger partial charge >= 0.3 is 13.8 Å². The maximum absolute atomic E-state index is 12.6. The van der Waals surface area contributed by atoms with Gasteiger partial charge in [-0.2, -0.15) is 0 Å². The Labute approximate surface area is 356 Å². The first-order chi connectivity index (χ1) is 28.4. The molecule has 0 amide bonds. The van der Waals surface area contributed by atoms with Gasteiger partial charge in [0.25, 0.3) is 0 Å². The molecule has 0 radical (unpaired) electrons. The SMILES string of the molecule is CC/C=C\C/C=C\C/C=C\C/C=C\C/C=C\CCCCCCCCCCCCOCC(COP(=O)(O)OCCN)OC(=O)CCCCCCC/C=C\C/C=C\CCC. The van der Waals surface area contributed by atoms with Crippen LogP contribution in [0.5, 0.6) is 0 Å². The largest absolute Gasteiger partial charge is 0.472 e. The van der Waals surface area contributed by atoms with Gasteiger partial charge in [0.2, 0.25) is 0 Å². The van der Waals surface area contributed by atoms with Crippen LogP contribution in [0.25, 0.3) is 0 Å². The zero-order valence-corrected chi connectivity index (χ0v) is 37.9. The lowest BCUT2D eigenvalue weighted by atomic mass is 10.1. The molecule has 0 saturated heterocycles. The van der Waals surface area contributed by atoms with Crippen LogP contribution in [0.15, 0.2) is 85.1 Å². The molecule has 0 aliphatic rings. The fourth-order valence-corrected chi connectivity index (χ4v) is 6.71. The first kappa shape index (κ1) is 55.7. The molecule has 0 aromatic carbocycles. The summed E-state index contributed by atoms with van der Waals surface area (Å²) in [6.07, 6.45) is 59.0. The van der Waals surface area contributed by atoms with Crippen LogP contribution >= 0.6 is 7.82 Å². The minimum Gasteiger partial charge on any atom is -0.457 e. The molecule has 0 spiro atoms. The van der Waals surface area contributed by atoms with Gasteiger partial charge in [0.15, 0.2) is 0 Å². The molecule has 2 atom stereocenters. The van der Waals surface area contributed by atoms with Crippen LogP contribution in [0.2, 0.25) is 0 Å². The molecule has 0 aromatic rings. The van der Waals surface area contributed by atoms with Crippen LogP contribution in [0.4, 0.5) is 0 Å². The highest BCUT2D eigenvalue weighted by Gasteiger charge is 2.25. The lowest BCUT2D eigenvalue weighted by Gasteiger charge is -2.20. The van der Waals surface area contributed by atoms with E-state index in [1.54, 1.807) is 0 Å². The average Bonchev–Trinajstić information content (AvgIpc) is 3.21. The van der Waals surface area contributed by atoms with Gasteiger partial charge < -0.3 is 20.1 Å². The Morgan fingerprint density at radius 1 is 0.534 bits per heavy atom. The second-order valence-corrected chi connectivity index (χ2v) is 16.3. The van der Waals surface area contributed by atoms with E-state index in [1.165, 1.54) is 64.2 Å². The van der Waals surface area contributed by atoms with E-state index in [0.717, 1.165) is 96.3 Å². The maximum Gasteiger partial charge on any atom is 0.472 e. The zero-order chi connectivity index (χ0) is 42.3. The second kappa shape index (κ2) is 45.8. The van der Waals surface area contributed by atoms with E-state index in [9.17, 15) is 14.3 Å². The summed E-state index contributed by atoms with van der Waals surface area (Å²) in [5, 5.41) is 0. The number of allylic oxidation sites excluding steroid dienone is 14. The number of unbranched alkanes of at least 4 members (excludes halogenated alkanes) is 16. The molecule has 58 heavy (non-hydrogen) atoms. The normalized spacial score (nSPS) is 14.2. The highest BCUT2D eigenvalue weighted by atomic mass is 31.2. The van der Waals surface area contributed by atoms with Gasteiger partial charge in [-0.15, -0.1) is 0 Å². The van der Waals surface area contributed by atoms with Gasteiger partial charge in [-0.1, -0.05) is 176 Å². The van der Waals surface area contributed by atoms with Gasteiger partial charge in [-0.3, -0.25) is 13.8 Å². The number of phosphoric acid groups is 1. The summed E-state index contributed by atoms with van der Waals surface area (Å²) < 4.78 is 33.4. The minimum atomic E-state index is -4.29. The number of nitrogens with two attached hydrogens (primary N) is 1. The minimum absolute atomic E-state index is 0.0931. The van der Waals surface area contributed by atoms with Crippen molar-refractivity contribution in [3.63, 3.8) is 0 Å². The fraction of sp³-hybridized carbons (Fsp3) is 0.694. The van der Waals surface area contributed by atoms with Crippen molar-refractivity contribution in [2.24, 2.45) is 5.73 Å². The Bertz CT molecular complexity index is 1160. The molecule has 9 heteroatoms. The predicted octanol–water partition coefficient (Wildman–Crippen LogP) is 14.1. The van der Waals surface area contributed by atoms with Crippen molar-refractivity contribution < 1.29 is 32.8 Å². The molecular formula is C49H86NO7P. The van der Waals surface area contributed by atoms with E-state index in [4.69, 9.17) is 24.3 Å². The van der Waals surface area contributed by atoms with E-state index in [0.29, 0.717) is 13.0 Å². The number of hydrogen-bond acceptors (Lipinski definition) is 7. The predicted molar refractivity (Wildman–Crippen MR) is 247 cm³/mol. The number of carbonyl (C=O) groups excluding carboxylic acids is 1. The molecule has 334 valence electrons. The monoisotopic (exact) mass is 832 g/mol. The molecule has 2 unspecified atom stereocenters. The number of carbonyl (C=O) groups is 1. The Morgan fingerprint density at radius 3 is 1.45 bits per heavy atom. The average molecular weight is 832 g/mol. The van der Waals surface area contributed by atoms with Crippen molar-refractivity contribution in [3.8, 4) is 0 Å². The van der Waals surface area contributed by atoms with Crippen LogP contribution in [-0.4, -0.2) is 49.9 Å². The lowest BCUT2D eigenvalue weighted by Crippen LogP contribution is -2.28. The van der Waals surface area contributed by atoms with E-state index in [1.807, 2.05) is 0 Å². The number of ether oxygens (including phenoxy) is 2. The summed E-state index contributed by atoms with van der Waals surface area (Å²) in [5.41, 5.74) is 5.37. The summed E-state index contributed by atoms with van der Waals surface area (Å²) in [4.78, 5) is 22.5. The highest BCUT2D eigenvalue weighted by Crippen LogP contribution is 2.43. The quantitative estimate of drug-likeness (QED) is 0.0270. The van der Waals surface area contributed by atoms with Gasteiger partial charge in [-0.25, -0.2) is 4.57 Å². The van der Waals surface area contributed by atoms with Crippen LogP contribution in [0, 0.1) is 0 Å². The Balaban J connectivity index is 3.97. The van der Waals surface area contributed by atoms with Crippen molar-refractivity contribution in [2.45, 2.75) is 187 Å². The van der Waals surface area contributed by atoms with Gasteiger partial charge in [0.1, 0.15) is 6.10 Å². The van der Waals surface area contributed by atoms with Crippen molar-refractivity contribution >= 4 is 13.8 Å². The van der Waals surface area contributed by atoms with E-state index < -0.39 is 13.9 Å². The van der Waals surface area contributed by atoms with E-state index in [2.05, 4.69) is 98.9 Å². The molecule has 0 rings (SSSR count). The van der Waals surface area contributed by atoms with Gasteiger partial charge in [-0.05, 0) is 83.5 Å². The number of rotatable bonds is 43. The molecule has 0 aliphatic carbocycles. The third kappa shape index (κ3) is 44.8. The summed E-state index contributed by atoms with van der Waals surface area (Å²) in [6, 6.07) is 0. The highest BCUT2D eigenvalue weighted by molar-refractivity contribution is 7.47. The second-order valence-electron chi connectivity index (χ2n) is 14.9. The summed E-state index contributed by atoms with van der Waals surface area (Å²) >= 11 is 0. The number of esters is 1. The Hall–Kier alpha value is -2.32.